The summed E-state index contributed by atoms with van der Waals surface area (Å²) in [4.78, 5) is 32.1. The van der Waals surface area contributed by atoms with Crippen molar-refractivity contribution >= 4 is 17.5 Å². The number of benzene rings is 1. The molecule has 1 amide bonds. The number of carbonyl (C=O) groups is 1. The number of amides is 1. The van der Waals surface area contributed by atoms with Crippen LogP contribution in [0.25, 0.3) is 5.57 Å². The predicted molar refractivity (Wildman–Crippen MR) is 141 cm³/mol. The number of carbonyl (C=O) groups excluding carboxylic acids is 1. The summed E-state index contributed by atoms with van der Waals surface area (Å²) in [5.41, 5.74) is 2.48. The van der Waals surface area contributed by atoms with Crippen LogP contribution in [0, 0.1) is 16.7 Å². The van der Waals surface area contributed by atoms with Crippen LogP contribution in [-0.2, 0) is 4.79 Å². The van der Waals surface area contributed by atoms with Crippen molar-refractivity contribution in [3.63, 3.8) is 0 Å². The molecule has 37 heavy (non-hydrogen) atoms. The van der Waals surface area contributed by atoms with Crippen molar-refractivity contribution in [3.8, 4) is 5.75 Å². The molecule has 5 rings (SSSR count). The summed E-state index contributed by atoms with van der Waals surface area (Å²) in [6.45, 7) is 7.77. The maximum atomic E-state index is 12.8. The number of nitrogens with zero attached hydrogens (tertiary/aromatic N) is 5. The first-order valence-corrected chi connectivity index (χ1v) is 13.6. The fourth-order valence-electron chi connectivity index (χ4n) is 5.47. The number of likely N-dealkylation sites (tertiary alicyclic amines) is 1. The third-order valence-corrected chi connectivity index (χ3v) is 7.93. The van der Waals surface area contributed by atoms with Gasteiger partial charge in [0.1, 0.15) is 11.8 Å². The molecule has 1 aliphatic carbocycles. The molecular weight excluding hydrogens is 470 g/mol. The Hall–Kier alpha value is -3.23. The van der Waals surface area contributed by atoms with Gasteiger partial charge in [-0.05, 0) is 67.7 Å². The maximum Gasteiger partial charge on any atom is 0.324 e. The summed E-state index contributed by atoms with van der Waals surface area (Å²) in [5.74, 6) is 2.61. The van der Waals surface area contributed by atoms with Crippen LogP contribution in [0.3, 0.4) is 0 Å². The fourth-order valence-corrected chi connectivity index (χ4v) is 5.47. The molecule has 198 valence electrons. The number of hydrogen-bond acceptors (Lipinski definition) is 8. The van der Waals surface area contributed by atoms with Crippen molar-refractivity contribution < 1.29 is 14.1 Å². The molecule has 2 unspecified atom stereocenters. The topological polar surface area (TPSA) is 101 Å². The zero-order chi connectivity index (χ0) is 25.8. The van der Waals surface area contributed by atoms with E-state index in [-0.39, 0.29) is 23.8 Å². The number of rotatable bonds is 8. The smallest absolute Gasteiger partial charge is 0.324 e. The third-order valence-electron chi connectivity index (χ3n) is 7.93. The second-order valence-corrected chi connectivity index (χ2v) is 10.9. The summed E-state index contributed by atoms with van der Waals surface area (Å²) in [5, 5.41) is 7.18. The van der Waals surface area contributed by atoms with E-state index >= 15 is 0 Å². The molecule has 0 spiro atoms. The molecule has 0 saturated carbocycles. The highest BCUT2D eigenvalue weighted by atomic mass is 16.5. The van der Waals surface area contributed by atoms with E-state index in [0.717, 1.165) is 56.8 Å². The quantitative estimate of drug-likeness (QED) is 0.461. The molecule has 3 aliphatic rings. The van der Waals surface area contributed by atoms with Crippen molar-refractivity contribution in [1.29, 1.82) is 0 Å². The summed E-state index contributed by atoms with van der Waals surface area (Å²) in [7, 11) is 0. The lowest BCUT2D eigenvalue weighted by Crippen LogP contribution is -2.35. The number of piperidine rings is 1. The normalized spacial score (nSPS) is 22.8. The van der Waals surface area contributed by atoms with Crippen LogP contribution in [0.5, 0.6) is 5.75 Å². The first-order chi connectivity index (χ1) is 18.0. The molecule has 9 nitrogen and oxygen atoms in total. The Morgan fingerprint density at radius 3 is 2.54 bits per heavy atom. The summed E-state index contributed by atoms with van der Waals surface area (Å²) in [6, 6.07) is 8.73. The van der Waals surface area contributed by atoms with Gasteiger partial charge < -0.3 is 19.1 Å². The van der Waals surface area contributed by atoms with Crippen molar-refractivity contribution in [2.75, 3.05) is 37.7 Å². The van der Waals surface area contributed by atoms with E-state index in [9.17, 15) is 9.70 Å². The highest BCUT2D eigenvalue weighted by Crippen LogP contribution is 2.33. The lowest BCUT2D eigenvalue weighted by Gasteiger charge is -2.30. The summed E-state index contributed by atoms with van der Waals surface area (Å²) >= 11 is 0. The van der Waals surface area contributed by atoms with Crippen molar-refractivity contribution in [3.05, 3.63) is 46.6 Å². The first-order valence-electron chi connectivity index (χ1n) is 13.6. The minimum atomic E-state index is -0.234. The Bertz CT molecular complexity index is 1100. The van der Waals surface area contributed by atoms with Crippen LogP contribution in [0.2, 0.25) is 0 Å². The lowest BCUT2D eigenvalue weighted by atomic mass is 9.86. The van der Waals surface area contributed by atoms with Gasteiger partial charge in [0.05, 0.1) is 6.61 Å². The maximum absolute atomic E-state index is 12.8. The standard InChI is InChI=1S/C28H37N5O4/c1-19(2)26-29-28(37-31-26)32-14-11-20(12-15-32)18-36-25-9-7-22(8-10-25)21-3-5-23(6-4-21)27(34)33-16-13-24(17-33)30-35/h3,7-10,19-20,23-24H,4-6,11-18H2,1-2H3. The van der Waals surface area contributed by atoms with Crippen molar-refractivity contribution in [1.82, 2.24) is 15.0 Å². The molecule has 1 aromatic heterocycles. The van der Waals surface area contributed by atoms with Crippen LogP contribution in [0.4, 0.5) is 6.01 Å². The van der Waals surface area contributed by atoms with Gasteiger partial charge in [0, 0.05) is 38.0 Å². The second-order valence-electron chi connectivity index (χ2n) is 10.9. The molecule has 2 fully saturated rings. The van der Waals surface area contributed by atoms with E-state index in [4.69, 9.17) is 9.26 Å². The molecule has 0 N–H and O–H groups in total. The van der Waals surface area contributed by atoms with Crippen LogP contribution < -0.4 is 9.64 Å². The molecule has 3 heterocycles. The SMILES string of the molecule is CC(C)c1noc(N2CCC(COc3ccc(C4=CCC(C(=O)N5CCC(N=O)C5)CC4)cc3)CC2)n1. The van der Waals surface area contributed by atoms with Gasteiger partial charge in [0.15, 0.2) is 5.82 Å². The highest BCUT2D eigenvalue weighted by molar-refractivity contribution is 5.81. The van der Waals surface area contributed by atoms with Gasteiger partial charge >= 0.3 is 6.01 Å². The zero-order valence-corrected chi connectivity index (χ0v) is 21.8. The summed E-state index contributed by atoms with van der Waals surface area (Å²) in [6.07, 6.45) is 7.45. The number of aromatic nitrogens is 2. The zero-order valence-electron chi connectivity index (χ0n) is 21.8. The molecular formula is C28H37N5O4. The molecule has 0 radical (unpaired) electrons. The monoisotopic (exact) mass is 507 g/mol. The third kappa shape index (κ3) is 6.02. The number of ether oxygens (including phenoxy) is 1. The largest absolute Gasteiger partial charge is 0.493 e. The van der Waals surface area contributed by atoms with Gasteiger partial charge in [-0.15, -0.1) is 0 Å². The minimum Gasteiger partial charge on any atom is -0.493 e. The first kappa shape index (κ1) is 25.4. The average molecular weight is 508 g/mol. The Morgan fingerprint density at radius 1 is 1.14 bits per heavy atom. The van der Waals surface area contributed by atoms with Gasteiger partial charge in [-0.25, -0.2) is 0 Å². The Morgan fingerprint density at radius 2 is 1.92 bits per heavy atom. The molecule has 2 atom stereocenters. The number of anilines is 1. The van der Waals surface area contributed by atoms with Crippen LogP contribution in [0.1, 0.15) is 69.7 Å². The highest BCUT2D eigenvalue weighted by Gasteiger charge is 2.32. The van der Waals surface area contributed by atoms with E-state index in [1.165, 1.54) is 11.1 Å². The fraction of sp³-hybridized carbons (Fsp3) is 0.607. The van der Waals surface area contributed by atoms with E-state index in [1.807, 2.05) is 17.0 Å². The summed E-state index contributed by atoms with van der Waals surface area (Å²) < 4.78 is 11.6. The van der Waals surface area contributed by atoms with Gasteiger partial charge in [-0.2, -0.15) is 9.89 Å². The van der Waals surface area contributed by atoms with E-state index in [1.54, 1.807) is 0 Å². The molecule has 2 aromatic rings. The Balaban J connectivity index is 1.06. The average Bonchev–Trinajstić information content (AvgIpc) is 3.63. The molecule has 2 aliphatic heterocycles. The van der Waals surface area contributed by atoms with Crippen LogP contribution in [0.15, 0.2) is 40.0 Å². The molecule has 1 aromatic carbocycles. The van der Waals surface area contributed by atoms with Crippen LogP contribution >= 0.6 is 0 Å². The minimum absolute atomic E-state index is 0.0141. The number of nitroso groups, excluding NO2 is 1. The van der Waals surface area contributed by atoms with Crippen molar-refractivity contribution in [2.45, 2.75) is 64.3 Å². The van der Waals surface area contributed by atoms with E-state index in [2.05, 4.69) is 52.3 Å². The predicted octanol–water partition coefficient (Wildman–Crippen LogP) is 5.04. The Kier molecular flexibility index (Phi) is 7.86. The van der Waals surface area contributed by atoms with Gasteiger partial charge in [-0.1, -0.05) is 42.4 Å². The lowest BCUT2D eigenvalue weighted by molar-refractivity contribution is -0.134. The molecule has 0 bridgehead atoms. The number of hydrogen-bond donors (Lipinski definition) is 0. The van der Waals surface area contributed by atoms with Gasteiger partial charge in [0.25, 0.3) is 0 Å². The Labute approximate surface area is 218 Å². The van der Waals surface area contributed by atoms with Crippen molar-refractivity contribution in [2.24, 2.45) is 17.0 Å². The van der Waals surface area contributed by atoms with Gasteiger partial charge in [-0.3, -0.25) is 4.79 Å². The molecule has 9 heteroatoms. The molecule has 2 saturated heterocycles. The van der Waals surface area contributed by atoms with E-state index in [0.29, 0.717) is 38.0 Å². The van der Waals surface area contributed by atoms with Gasteiger partial charge in [0.2, 0.25) is 5.91 Å². The number of allylic oxidation sites excluding steroid dienone is 2. The van der Waals surface area contributed by atoms with E-state index < -0.39 is 0 Å². The van der Waals surface area contributed by atoms with Crippen LogP contribution in [-0.4, -0.2) is 59.8 Å². The second kappa shape index (κ2) is 11.4.